The van der Waals surface area contributed by atoms with E-state index in [9.17, 15) is 9.59 Å². The molecule has 0 radical (unpaired) electrons. The highest BCUT2D eigenvalue weighted by Gasteiger charge is 2.50. The van der Waals surface area contributed by atoms with E-state index < -0.39 is 8.32 Å². The Bertz CT molecular complexity index is 863. The average Bonchev–Trinajstić information content (AvgIpc) is 2.99. The Balaban J connectivity index is 2.00. The highest BCUT2D eigenvalue weighted by atomic mass is 28.4. The van der Waals surface area contributed by atoms with Crippen LogP contribution < -0.4 is 10.4 Å². The van der Waals surface area contributed by atoms with Crippen LogP contribution in [0.5, 0.6) is 0 Å². The Hall–Kier alpha value is -1.79. The lowest BCUT2D eigenvalue weighted by Gasteiger charge is -2.43. The van der Waals surface area contributed by atoms with Crippen molar-refractivity contribution in [1.82, 2.24) is 0 Å². The molecule has 0 saturated carbocycles. The Morgan fingerprint density at radius 3 is 1.61 bits per heavy atom. The standard InChI is InChI=1S/C36H58O4Si/c1-4-5-6-7-12-21-28-39-31-33(32-40-29-22-13-10-8-9-11-20-27-37)30-36(2,3)41(38,34-23-16-14-17-24-34)35-25-18-15-19-26-35/h14-19,23-27,33,38H,4-13,20-22,28-32H2,1-3H3. The van der Waals surface area contributed by atoms with Crippen molar-refractivity contribution in [2.75, 3.05) is 26.4 Å². The van der Waals surface area contributed by atoms with Crippen molar-refractivity contribution in [1.29, 1.82) is 0 Å². The van der Waals surface area contributed by atoms with E-state index in [1.165, 1.54) is 51.4 Å². The summed E-state index contributed by atoms with van der Waals surface area (Å²) in [5.74, 6) is 0.222. The summed E-state index contributed by atoms with van der Waals surface area (Å²) in [4.78, 5) is 23.1. The minimum Gasteiger partial charge on any atom is -0.424 e. The maximum Gasteiger partial charge on any atom is 0.258 e. The normalized spacial score (nSPS) is 12.9. The molecule has 0 bridgehead atoms. The van der Waals surface area contributed by atoms with Gasteiger partial charge in [0.25, 0.3) is 8.32 Å². The van der Waals surface area contributed by atoms with Crippen molar-refractivity contribution < 1.29 is 19.1 Å². The second-order valence-corrected chi connectivity index (χ2v) is 16.3. The molecule has 2 aromatic rings. The third-order valence-electron chi connectivity index (χ3n) is 8.37. The van der Waals surface area contributed by atoms with E-state index in [2.05, 4.69) is 45.0 Å². The van der Waals surface area contributed by atoms with Crippen LogP contribution in [0.2, 0.25) is 5.04 Å². The van der Waals surface area contributed by atoms with E-state index in [-0.39, 0.29) is 11.0 Å². The average molecular weight is 583 g/mol. The van der Waals surface area contributed by atoms with Crippen molar-refractivity contribution >= 4 is 25.0 Å². The van der Waals surface area contributed by atoms with Crippen LogP contribution in [-0.2, 0) is 14.3 Å². The Morgan fingerprint density at radius 2 is 1.15 bits per heavy atom. The molecule has 230 valence electrons. The van der Waals surface area contributed by atoms with Gasteiger partial charge in [0.15, 0.2) is 0 Å². The smallest absolute Gasteiger partial charge is 0.258 e. The fourth-order valence-corrected chi connectivity index (χ4v) is 9.80. The van der Waals surface area contributed by atoms with Crippen LogP contribution in [0.3, 0.4) is 0 Å². The molecule has 1 atom stereocenters. The van der Waals surface area contributed by atoms with Gasteiger partial charge in [-0.3, -0.25) is 0 Å². The highest BCUT2D eigenvalue weighted by molar-refractivity contribution is 6.98. The van der Waals surface area contributed by atoms with Crippen LogP contribution in [0, 0.1) is 5.92 Å². The number of ether oxygens (including phenoxy) is 2. The fourth-order valence-electron chi connectivity index (χ4n) is 5.97. The van der Waals surface area contributed by atoms with E-state index in [1.807, 2.05) is 36.4 Å². The molecule has 1 unspecified atom stereocenters. The first-order chi connectivity index (χ1) is 20.0. The lowest BCUT2D eigenvalue weighted by Crippen LogP contribution is -2.65. The number of benzene rings is 2. The molecule has 0 aliphatic carbocycles. The van der Waals surface area contributed by atoms with Crippen molar-refractivity contribution in [2.45, 2.75) is 116 Å². The lowest BCUT2D eigenvalue weighted by molar-refractivity contribution is -0.107. The molecule has 0 aliphatic rings. The van der Waals surface area contributed by atoms with E-state index in [0.717, 1.165) is 62.0 Å². The summed E-state index contributed by atoms with van der Waals surface area (Å²) in [6.07, 6.45) is 16.9. The predicted molar refractivity (Wildman–Crippen MR) is 176 cm³/mol. The van der Waals surface area contributed by atoms with Gasteiger partial charge in [-0.25, -0.2) is 0 Å². The molecule has 41 heavy (non-hydrogen) atoms. The molecule has 5 heteroatoms. The number of hydrogen-bond acceptors (Lipinski definition) is 4. The first-order valence-corrected chi connectivity index (χ1v) is 18.3. The van der Waals surface area contributed by atoms with Gasteiger partial charge in [0.1, 0.15) is 6.29 Å². The van der Waals surface area contributed by atoms with Gasteiger partial charge in [-0.1, -0.05) is 139 Å². The molecule has 0 saturated heterocycles. The summed E-state index contributed by atoms with van der Waals surface area (Å²) < 4.78 is 12.5. The Labute approximate surface area is 252 Å². The zero-order chi connectivity index (χ0) is 29.7. The summed E-state index contributed by atoms with van der Waals surface area (Å²) in [7, 11) is -3.08. The number of rotatable bonds is 25. The lowest BCUT2D eigenvalue weighted by atomic mass is 9.97. The molecule has 4 nitrogen and oxygen atoms in total. The maximum absolute atomic E-state index is 12.6. The molecule has 0 fully saturated rings. The van der Waals surface area contributed by atoms with Crippen molar-refractivity contribution in [2.24, 2.45) is 5.92 Å². The largest absolute Gasteiger partial charge is 0.424 e. The van der Waals surface area contributed by atoms with E-state index in [1.54, 1.807) is 0 Å². The first kappa shape index (κ1) is 35.4. The quantitative estimate of drug-likeness (QED) is 0.0736. The summed E-state index contributed by atoms with van der Waals surface area (Å²) >= 11 is 0. The number of hydrogen-bond donors (Lipinski definition) is 1. The van der Waals surface area contributed by atoms with Gasteiger partial charge in [0.2, 0.25) is 0 Å². The first-order valence-electron chi connectivity index (χ1n) is 16.4. The molecule has 0 aliphatic heterocycles. The van der Waals surface area contributed by atoms with Crippen molar-refractivity contribution in [3.8, 4) is 0 Å². The summed E-state index contributed by atoms with van der Waals surface area (Å²) in [6, 6.07) is 20.6. The molecule has 2 aromatic carbocycles. The number of aldehydes is 1. The van der Waals surface area contributed by atoms with E-state index in [0.29, 0.717) is 19.6 Å². The molecule has 1 N–H and O–H groups in total. The molecule has 0 aromatic heterocycles. The zero-order valence-electron chi connectivity index (χ0n) is 26.3. The van der Waals surface area contributed by atoms with Gasteiger partial charge < -0.3 is 19.1 Å². The third-order valence-corrected chi connectivity index (χ3v) is 12.9. The number of unbranched alkanes of at least 4 members (excludes halogenated alkanes) is 11. The van der Waals surface area contributed by atoms with Gasteiger partial charge >= 0.3 is 0 Å². The van der Waals surface area contributed by atoms with Crippen LogP contribution in [0.4, 0.5) is 0 Å². The van der Waals surface area contributed by atoms with E-state index >= 15 is 0 Å². The highest BCUT2D eigenvalue weighted by Crippen LogP contribution is 2.41. The van der Waals surface area contributed by atoms with Gasteiger partial charge in [0.05, 0.1) is 13.2 Å². The number of carbonyl (C=O) groups is 1. The molecular formula is C36H58O4Si. The minimum atomic E-state index is -3.08. The second kappa shape index (κ2) is 21.0. The van der Waals surface area contributed by atoms with Crippen LogP contribution in [0.25, 0.3) is 0 Å². The van der Waals surface area contributed by atoms with Crippen molar-refractivity contribution in [3.63, 3.8) is 0 Å². The van der Waals surface area contributed by atoms with Crippen LogP contribution in [0.1, 0.15) is 111 Å². The van der Waals surface area contributed by atoms with Crippen molar-refractivity contribution in [3.05, 3.63) is 60.7 Å². The summed E-state index contributed by atoms with van der Waals surface area (Å²) in [6.45, 7) is 9.63. The van der Waals surface area contributed by atoms with Gasteiger partial charge in [-0.15, -0.1) is 0 Å². The van der Waals surface area contributed by atoms with Gasteiger partial charge in [-0.05, 0) is 41.1 Å². The predicted octanol–water partition coefficient (Wildman–Crippen LogP) is 7.85. The summed E-state index contributed by atoms with van der Waals surface area (Å²) in [5, 5.41) is 1.78. The molecule has 2 rings (SSSR count). The molecule has 0 amide bonds. The van der Waals surface area contributed by atoms with Gasteiger partial charge in [0, 0.05) is 25.6 Å². The molecule has 0 heterocycles. The minimum absolute atomic E-state index is 0.222. The molecular weight excluding hydrogens is 524 g/mol. The fraction of sp³-hybridized carbons (Fsp3) is 0.639. The maximum atomic E-state index is 12.6. The second-order valence-electron chi connectivity index (χ2n) is 12.4. The Morgan fingerprint density at radius 1 is 0.707 bits per heavy atom. The van der Waals surface area contributed by atoms with Crippen LogP contribution in [0.15, 0.2) is 60.7 Å². The Kier molecular flexibility index (Phi) is 18.1. The van der Waals surface area contributed by atoms with Gasteiger partial charge in [-0.2, -0.15) is 0 Å². The topological polar surface area (TPSA) is 55.8 Å². The molecule has 0 spiro atoms. The SMILES string of the molecule is CCCCCCCCOCC(COCCCCCCCCC=O)CC(C)(C)[Si](O)(c1ccccc1)c1ccccc1. The summed E-state index contributed by atoms with van der Waals surface area (Å²) in [5.41, 5.74) is 0. The van der Waals surface area contributed by atoms with Crippen LogP contribution >= 0.6 is 0 Å². The van der Waals surface area contributed by atoms with E-state index in [4.69, 9.17) is 9.47 Å². The number of carbonyl (C=O) groups excluding carboxylic acids is 1. The third kappa shape index (κ3) is 12.9. The monoisotopic (exact) mass is 582 g/mol. The zero-order valence-corrected chi connectivity index (χ0v) is 27.3. The van der Waals surface area contributed by atoms with Crippen LogP contribution in [-0.4, -0.2) is 45.8 Å².